The third-order valence-corrected chi connectivity index (χ3v) is 6.52. The standard InChI is InChI=1S/C18H27N5O3S/c1-18(2,3)15-5-6-16(21-20-15)26-12-14-7-9-23(10-8-14)27(24,25)17-11-22(4)13-19-17/h5-6,11,13-14H,7-10,12H2,1-4H3. The Morgan fingerprint density at radius 3 is 2.41 bits per heavy atom. The third-order valence-electron chi connectivity index (χ3n) is 4.73. The van der Waals surface area contributed by atoms with Crippen LogP contribution in [0.3, 0.4) is 0 Å². The lowest BCUT2D eigenvalue weighted by atomic mass is 9.92. The molecule has 1 aliphatic heterocycles. The van der Waals surface area contributed by atoms with E-state index < -0.39 is 10.0 Å². The van der Waals surface area contributed by atoms with Gasteiger partial charge in [0.2, 0.25) is 5.88 Å². The summed E-state index contributed by atoms with van der Waals surface area (Å²) in [6, 6.07) is 3.78. The molecule has 0 aliphatic carbocycles. The van der Waals surface area contributed by atoms with Gasteiger partial charge in [-0.2, -0.15) is 9.40 Å². The normalized spacial score (nSPS) is 17.2. The zero-order chi connectivity index (χ0) is 19.7. The van der Waals surface area contributed by atoms with Crippen molar-refractivity contribution >= 4 is 10.0 Å². The van der Waals surface area contributed by atoms with Crippen LogP contribution in [0.25, 0.3) is 0 Å². The van der Waals surface area contributed by atoms with E-state index in [9.17, 15) is 8.42 Å². The minimum absolute atomic E-state index is 0.0442. The predicted molar refractivity (Wildman–Crippen MR) is 101 cm³/mol. The molecule has 3 heterocycles. The molecule has 1 saturated heterocycles. The molecule has 27 heavy (non-hydrogen) atoms. The molecule has 9 heteroatoms. The summed E-state index contributed by atoms with van der Waals surface area (Å²) in [6.07, 6.45) is 4.53. The van der Waals surface area contributed by atoms with Crippen LogP contribution in [0.1, 0.15) is 39.3 Å². The van der Waals surface area contributed by atoms with Crippen LogP contribution in [-0.2, 0) is 22.5 Å². The summed E-state index contributed by atoms with van der Waals surface area (Å²) < 4.78 is 34.1. The fourth-order valence-electron chi connectivity index (χ4n) is 2.97. The third kappa shape index (κ3) is 4.65. The Kier molecular flexibility index (Phi) is 5.53. The fraction of sp³-hybridized carbons (Fsp3) is 0.611. The molecule has 0 amide bonds. The van der Waals surface area contributed by atoms with E-state index in [0.29, 0.717) is 31.5 Å². The van der Waals surface area contributed by atoms with Crippen molar-refractivity contribution in [3.05, 3.63) is 30.4 Å². The van der Waals surface area contributed by atoms with E-state index >= 15 is 0 Å². The molecule has 0 bridgehead atoms. The lowest BCUT2D eigenvalue weighted by molar-refractivity contribution is 0.179. The first-order chi connectivity index (χ1) is 12.7. The zero-order valence-electron chi connectivity index (χ0n) is 16.3. The Morgan fingerprint density at radius 1 is 1.19 bits per heavy atom. The van der Waals surface area contributed by atoms with Gasteiger partial charge >= 0.3 is 0 Å². The Bertz CT molecular complexity index is 863. The second-order valence-electron chi connectivity index (χ2n) is 8.04. The van der Waals surface area contributed by atoms with Crippen molar-refractivity contribution in [2.75, 3.05) is 19.7 Å². The van der Waals surface area contributed by atoms with Gasteiger partial charge in [-0.15, -0.1) is 5.10 Å². The smallest absolute Gasteiger partial charge is 0.262 e. The van der Waals surface area contributed by atoms with Gasteiger partial charge in [0.05, 0.1) is 18.6 Å². The van der Waals surface area contributed by atoms with E-state index in [0.717, 1.165) is 18.5 Å². The summed E-state index contributed by atoms with van der Waals surface area (Å²) in [5.74, 6) is 0.802. The fourth-order valence-corrected chi connectivity index (χ4v) is 4.41. The van der Waals surface area contributed by atoms with Crippen molar-refractivity contribution < 1.29 is 13.2 Å². The number of hydrogen-bond donors (Lipinski definition) is 0. The first-order valence-electron chi connectivity index (χ1n) is 9.11. The molecule has 148 valence electrons. The molecule has 0 N–H and O–H groups in total. The number of aromatic nitrogens is 4. The molecule has 0 atom stereocenters. The Morgan fingerprint density at radius 2 is 1.89 bits per heavy atom. The van der Waals surface area contributed by atoms with Gasteiger partial charge in [-0.25, -0.2) is 13.4 Å². The van der Waals surface area contributed by atoms with Gasteiger partial charge in [-0.3, -0.25) is 0 Å². The van der Waals surface area contributed by atoms with Crippen LogP contribution < -0.4 is 4.74 Å². The minimum Gasteiger partial charge on any atom is -0.476 e. The zero-order valence-corrected chi connectivity index (χ0v) is 17.1. The van der Waals surface area contributed by atoms with Crippen molar-refractivity contribution in [1.29, 1.82) is 0 Å². The number of nitrogens with zero attached hydrogens (tertiary/aromatic N) is 5. The van der Waals surface area contributed by atoms with Crippen LogP contribution >= 0.6 is 0 Å². The molecule has 0 aromatic carbocycles. The number of imidazole rings is 1. The Hall–Kier alpha value is -2.00. The quantitative estimate of drug-likeness (QED) is 0.772. The number of ether oxygens (including phenoxy) is 1. The van der Waals surface area contributed by atoms with Crippen LogP contribution in [-0.4, -0.2) is 52.2 Å². The lowest BCUT2D eigenvalue weighted by Gasteiger charge is -2.30. The van der Waals surface area contributed by atoms with Crippen molar-refractivity contribution in [3.8, 4) is 5.88 Å². The summed E-state index contributed by atoms with van der Waals surface area (Å²) in [6.45, 7) is 7.73. The maximum Gasteiger partial charge on any atom is 0.262 e. The highest BCUT2D eigenvalue weighted by Crippen LogP contribution is 2.24. The van der Waals surface area contributed by atoms with Crippen molar-refractivity contribution in [1.82, 2.24) is 24.1 Å². The van der Waals surface area contributed by atoms with Gasteiger partial charge in [0.1, 0.15) is 0 Å². The highest BCUT2D eigenvalue weighted by atomic mass is 32.2. The van der Waals surface area contributed by atoms with Crippen molar-refractivity contribution in [2.45, 2.75) is 44.1 Å². The van der Waals surface area contributed by atoms with Gasteiger partial charge < -0.3 is 9.30 Å². The van der Waals surface area contributed by atoms with E-state index in [4.69, 9.17) is 4.74 Å². The topological polar surface area (TPSA) is 90.2 Å². The van der Waals surface area contributed by atoms with Gasteiger partial charge in [0.25, 0.3) is 10.0 Å². The molecular weight excluding hydrogens is 366 g/mol. The SMILES string of the molecule is Cn1cnc(S(=O)(=O)N2CCC(COc3ccc(C(C)(C)C)nn3)CC2)c1. The summed E-state index contributed by atoms with van der Waals surface area (Å²) >= 11 is 0. The van der Waals surface area contributed by atoms with Gasteiger partial charge in [0.15, 0.2) is 5.03 Å². The lowest BCUT2D eigenvalue weighted by Crippen LogP contribution is -2.39. The first kappa shape index (κ1) is 19.8. The number of sulfonamides is 1. The van der Waals surface area contributed by atoms with Crippen LogP contribution in [0.15, 0.2) is 29.7 Å². The largest absolute Gasteiger partial charge is 0.476 e. The highest BCUT2D eigenvalue weighted by Gasteiger charge is 2.31. The second kappa shape index (κ2) is 7.55. The van der Waals surface area contributed by atoms with E-state index in [1.807, 2.05) is 12.1 Å². The second-order valence-corrected chi connectivity index (χ2v) is 9.93. The molecule has 0 radical (unpaired) electrons. The molecule has 1 aliphatic rings. The molecule has 2 aromatic heterocycles. The number of piperidine rings is 1. The van der Waals surface area contributed by atoms with E-state index in [2.05, 4.69) is 36.0 Å². The Labute approximate surface area is 160 Å². The number of aryl methyl sites for hydroxylation is 1. The van der Waals surface area contributed by atoms with Gasteiger partial charge in [0, 0.05) is 37.8 Å². The average molecular weight is 394 g/mol. The number of rotatable bonds is 5. The summed E-state index contributed by atoms with van der Waals surface area (Å²) in [4.78, 5) is 3.98. The molecular formula is C18H27N5O3S. The number of hydrogen-bond acceptors (Lipinski definition) is 6. The van der Waals surface area contributed by atoms with Crippen molar-refractivity contribution in [3.63, 3.8) is 0 Å². The molecule has 2 aromatic rings. The average Bonchev–Trinajstić information content (AvgIpc) is 3.07. The van der Waals surface area contributed by atoms with Crippen molar-refractivity contribution in [2.24, 2.45) is 13.0 Å². The van der Waals surface area contributed by atoms with Crippen LogP contribution in [0, 0.1) is 5.92 Å². The first-order valence-corrected chi connectivity index (χ1v) is 10.6. The van der Waals surface area contributed by atoms with Crippen LogP contribution in [0.5, 0.6) is 5.88 Å². The van der Waals surface area contributed by atoms with Gasteiger partial charge in [-0.05, 0) is 24.8 Å². The minimum atomic E-state index is -3.51. The maximum absolute atomic E-state index is 12.6. The molecule has 0 unspecified atom stereocenters. The van der Waals surface area contributed by atoms with Crippen LogP contribution in [0.4, 0.5) is 0 Å². The molecule has 8 nitrogen and oxygen atoms in total. The summed E-state index contributed by atoms with van der Waals surface area (Å²) in [5.41, 5.74) is 0.875. The molecule has 1 fully saturated rings. The molecule has 0 saturated carbocycles. The van der Waals surface area contributed by atoms with Gasteiger partial charge in [-0.1, -0.05) is 20.8 Å². The van der Waals surface area contributed by atoms with E-state index in [1.54, 1.807) is 11.6 Å². The molecule has 0 spiro atoms. The molecule has 3 rings (SSSR count). The summed E-state index contributed by atoms with van der Waals surface area (Å²) in [7, 11) is -1.76. The summed E-state index contributed by atoms with van der Waals surface area (Å²) in [5, 5.41) is 8.46. The van der Waals surface area contributed by atoms with Crippen LogP contribution in [0.2, 0.25) is 0 Å². The van der Waals surface area contributed by atoms with E-state index in [1.165, 1.54) is 16.8 Å². The highest BCUT2D eigenvalue weighted by molar-refractivity contribution is 7.89. The maximum atomic E-state index is 12.6. The van der Waals surface area contributed by atoms with E-state index in [-0.39, 0.29) is 10.4 Å². The Balaban J connectivity index is 1.51. The monoisotopic (exact) mass is 393 g/mol. The predicted octanol–water partition coefficient (Wildman–Crippen LogP) is 1.99.